The van der Waals surface area contributed by atoms with Crippen molar-refractivity contribution in [3.05, 3.63) is 75.0 Å². The number of nitrogens with one attached hydrogen (secondary N) is 1. The van der Waals surface area contributed by atoms with Crippen molar-refractivity contribution in [1.82, 2.24) is 4.98 Å². The molecular formula is C20H15N3O5. The van der Waals surface area contributed by atoms with Crippen molar-refractivity contribution in [2.24, 2.45) is 0 Å². The maximum atomic E-state index is 12.0. The van der Waals surface area contributed by atoms with Gasteiger partial charge < -0.3 is 14.5 Å². The van der Waals surface area contributed by atoms with Crippen molar-refractivity contribution in [3.63, 3.8) is 0 Å². The molecule has 2 aromatic carbocycles. The Kier molecular flexibility index (Phi) is 4.09. The highest BCUT2D eigenvalue weighted by molar-refractivity contribution is 5.90. The van der Waals surface area contributed by atoms with Gasteiger partial charge in [0.15, 0.2) is 0 Å². The van der Waals surface area contributed by atoms with Gasteiger partial charge in [-0.25, -0.2) is 0 Å². The molecular weight excluding hydrogens is 362 g/mol. The summed E-state index contributed by atoms with van der Waals surface area (Å²) in [6, 6.07) is 13.3. The minimum absolute atomic E-state index is 0.145. The maximum absolute atomic E-state index is 12.0. The van der Waals surface area contributed by atoms with Crippen LogP contribution in [0.2, 0.25) is 0 Å². The predicted octanol–water partition coefficient (Wildman–Crippen LogP) is 3.28. The third kappa shape index (κ3) is 2.61. The summed E-state index contributed by atoms with van der Waals surface area (Å²) >= 11 is 0. The molecule has 0 bridgehead atoms. The molecule has 8 heteroatoms. The van der Waals surface area contributed by atoms with E-state index in [1.54, 1.807) is 18.2 Å². The number of aromatic amines is 1. The Bertz CT molecular complexity index is 1160. The molecule has 1 aliphatic rings. The van der Waals surface area contributed by atoms with Crippen molar-refractivity contribution in [1.29, 1.82) is 5.26 Å². The van der Waals surface area contributed by atoms with Gasteiger partial charge in [-0.15, -0.1) is 0 Å². The first-order chi connectivity index (χ1) is 13.5. The summed E-state index contributed by atoms with van der Waals surface area (Å²) in [7, 11) is 0. The van der Waals surface area contributed by atoms with Gasteiger partial charge in [0.2, 0.25) is 0 Å². The Labute approximate surface area is 159 Å². The number of benzene rings is 2. The predicted molar refractivity (Wildman–Crippen MR) is 98.3 cm³/mol. The van der Waals surface area contributed by atoms with E-state index in [2.05, 4.69) is 11.1 Å². The van der Waals surface area contributed by atoms with E-state index in [9.17, 15) is 20.2 Å². The zero-order valence-corrected chi connectivity index (χ0v) is 14.9. The molecule has 0 amide bonds. The van der Waals surface area contributed by atoms with Crippen LogP contribution in [0.15, 0.2) is 42.5 Å². The number of hydrogen-bond donors (Lipinski definition) is 1. The first kappa shape index (κ1) is 17.7. The number of rotatable bonds is 3. The molecule has 3 aromatic rings. The fourth-order valence-electron chi connectivity index (χ4n) is 3.70. The van der Waals surface area contributed by atoms with E-state index in [4.69, 9.17) is 9.47 Å². The molecule has 0 radical (unpaired) electrons. The lowest BCUT2D eigenvalue weighted by Crippen LogP contribution is -2.40. The van der Waals surface area contributed by atoms with Crippen LogP contribution in [0.3, 0.4) is 0 Å². The van der Waals surface area contributed by atoms with Crippen molar-refractivity contribution in [3.8, 4) is 6.07 Å². The molecule has 8 nitrogen and oxygen atoms in total. The largest absolute Gasteiger partial charge is 0.422 e. The van der Waals surface area contributed by atoms with Crippen LogP contribution in [0.1, 0.15) is 29.3 Å². The number of nitrogens with zero attached hydrogens (tertiary/aromatic N) is 2. The van der Waals surface area contributed by atoms with Crippen LogP contribution in [-0.4, -0.2) is 22.5 Å². The average molecular weight is 377 g/mol. The Morgan fingerprint density at radius 3 is 2.86 bits per heavy atom. The van der Waals surface area contributed by atoms with Gasteiger partial charge in [-0.2, -0.15) is 5.26 Å². The highest BCUT2D eigenvalue weighted by atomic mass is 16.7. The number of carbonyl (C=O) groups excluding carboxylic acids is 1. The summed E-state index contributed by atoms with van der Waals surface area (Å²) in [5.74, 6) is -2.25. The van der Waals surface area contributed by atoms with Crippen molar-refractivity contribution in [2.75, 3.05) is 6.61 Å². The van der Waals surface area contributed by atoms with Crippen LogP contribution in [0.25, 0.3) is 10.9 Å². The molecule has 0 fully saturated rings. The minimum atomic E-state index is -1.66. The molecule has 0 saturated carbocycles. The number of hydrogen-bond acceptors (Lipinski definition) is 6. The van der Waals surface area contributed by atoms with Crippen molar-refractivity contribution in [2.45, 2.75) is 19.1 Å². The van der Waals surface area contributed by atoms with Gasteiger partial charge in [0, 0.05) is 35.5 Å². The number of esters is 1. The fraction of sp³-hybridized carbons (Fsp3) is 0.200. The summed E-state index contributed by atoms with van der Waals surface area (Å²) in [4.78, 5) is 25.9. The average Bonchev–Trinajstić information content (AvgIpc) is 3.08. The summed E-state index contributed by atoms with van der Waals surface area (Å²) < 4.78 is 11.6. The number of nitriles is 1. The van der Waals surface area contributed by atoms with Gasteiger partial charge in [0.25, 0.3) is 11.5 Å². The Hall–Kier alpha value is -3.70. The third-order valence-corrected chi connectivity index (χ3v) is 4.76. The van der Waals surface area contributed by atoms with Gasteiger partial charge in [0.05, 0.1) is 28.9 Å². The van der Waals surface area contributed by atoms with Crippen LogP contribution < -0.4 is 0 Å². The second kappa shape index (κ2) is 6.48. The normalized spacial score (nSPS) is 18.3. The van der Waals surface area contributed by atoms with Gasteiger partial charge in [-0.3, -0.25) is 14.9 Å². The molecule has 0 saturated heterocycles. The zero-order valence-electron chi connectivity index (χ0n) is 14.9. The molecule has 1 atom stereocenters. The van der Waals surface area contributed by atoms with E-state index in [1.165, 1.54) is 25.1 Å². The number of nitro benzene ring substituents is 1. The van der Waals surface area contributed by atoms with Gasteiger partial charge in [-0.05, 0) is 24.1 Å². The minimum Gasteiger partial charge on any atom is -0.422 e. The molecule has 4 rings (SSSR count). The summed E-state index contributed by atoms with van der Waals surface area (Å²) in [6.45, 7) is 1.47. The Morgan fingerprint density at radius 1 is 1.36 bits per heavy atom. The summed E-state index contributed by atoms with van der Waals surface area (Å²) in [5.41, 5.74) is 2.64. The smallest absolute Gasteiger partial charge is 0.305 e. The van der Waals surface area contributed by atoms with Crippen LogP contribution in [0.4, 0.5) is 5.69 Å². The number of nitro groups is 1. The summed E-state index contributed by atoms with van der Waals surface area (Å²) in [6.07, 6.45) is 0.506. The molecule has 1 unspecified atom stereocenters. The lowest BCUT2D eigenvalue weighted by atomic mass is 9.93. The van der Waals surface area contributed by atoms with Crippen molar-refractivity contribution < 1.29 is 19.2 Å². The van der Waals surface area contributed by atoms with E-state index in [-0.39, 0.29) is 12.3 Å². The molecule has 1 aromatic heterocycles. The molecule has 1 N–H and O–H groups in total. The number of aromatic nitrogens is 1. The van der Waals surface area contributed by atoms with E-state index in [0.717, 1.165) is 10.9 Å². The van der Waals surface area contributed by atoms with Crippen LogP contribution in [0, 0.1) is 21.4 Å². The molecule has 140 valence electrons. The monoisotopic (exact) mass is 377 g/mol. The van der Waals surface area contributed by atoms with Gasteiger partial charge in [-0.1, -0.05) is 18.2 Å². The van der Waals surface area contributed by atoms with E-state index in [0.29, 0.717) is 28.8 Å². The van der Waals surface area contributed by atoms with E-state index < -0.39 is 16.7 Å². The van der Waals surface area contributed by atoms with Crippen LogP contribution in [0.5, 0.6) is 0 Å². The highest BCUT2D eigenvalue weighted by Gasteiger charge is 2.46. The van der Waals surface area contributed by atoms with Crippen LogP contribution in [-0.2, 0) is 26.5 Å². The second-order valence-electron chi connectivity index (χ2n) is 6.43. The first-order valence-corrected chi connectivity index (χ1v) is 8.59. The Morgan fingerprint density at radius 2 is 2.14 bits per heavy atom. The molecule has 1 aliphatic heterocycles. The molecule has 28 heavy (non-hydrogen) atoms. The number of carbonyl (C=O) groups is 1. The lowest BCUT2D eigenvalue weighted by molar-refractivity contribution is -0.385. The quantitative estimate of drug-likeness (QED) is 0.425. The Balaban J connectivity index is 2.03. The topological polar surface area (TPSA) is 118 Å². The first-order valence-electron chi connectivity index (χ1n) is 8.59. The number of non-ortho nitro benzene ring substituents is 1. The van der Waals surface area contributed by atoms with Gasteiger partial charge >= 0.3 is 5.97 Å². The highest BCUT2D eigenvalue weighted by Crippen LogP contribution is 2.44. The number of fused-ring (bicyclic) bond motifs is 3. The van der Waals surface area contributed by atoms with Gasteiger partial charge in [0.1, 0.15) is 0 Å². The third-order valence-electron chi connectivity index (χ3n) is 4.76. The molecule has 0 aliphatic carbocycles. The van der Waals surface area contributed by atoms with E-state index in [1.807, 2.05) is 6.07 Å². The van der Waals surface area contributed by atoms with Crippen LogP contribution >= 0.6 is 0 Å². The molecule has 0 spiro atoms. The maximum Gasteiger partial charge on any atom is 0.305 e. The number of ether oxygens (including phenoxy) is 2. The SMILES string of the molecule is CC(=O)OC1(c2cccc([N+](=O)[O-])c2)OCCc2c1[nH]c1cccc(C#N)c21. The second-order valence-corrected chi connectivity index (χ2v) is 6.43. The molecule has 2 heterocycles. The standard InChI is InChI=1S/C20H15N3O5/c1-12(24)28-20(14-5-3-6-15(10-14)23(25)26)19-16(8-9-27-20)18-13(11-21)4-2-7-17(18)22-19/h2-7,10,22H,8-9H2,1H3. The lowest BCUT2D eigenvalue weighted by Gasteiger charge is -2.36. The van der Waals surface area contributed by atoms with E-state index >= 15 is 0 Å². The van der Waals surface area contributed by atoms with Crippen molar-refractivity contribution >= 4 is 22.6 Å². The summed E-state index contributed by atoms with van der Waals surface area (Å²) in [5, 5.41) is 21.5. The number of H-pyrrole nitrogens is 1. The zero-order chi connectivity index (χ0) is 19.9. The fourth-order valence-corrected chi connectivity index (χ4v) is 3.70.